The normalized spacial score (nSPS) is 20.4. The Morgan fingerprint density at radius 2 is 1.84 bits per heavy atom. The van der Waals surface area contributed by atoms with Gasteiger partial charge in [0.05, 0.1) is 12.7 Å². The molecule has 2 aliphatic heterocycles. The first-order valence-corrected chi connectivity index (χ1v) is 12.7. The van der Waals surface area contributed by atoms with Crippen LogP contribution in [0.3, 0.4) is 0 Å². The molecule has 5 N–H and O–H groups in total. The summed E-state index contributed by atoms with van der Waals surface area (Å²) in [6.07, 6.45) is 3.93. The summed E-state index contributed by atoms with van der Waals surface area (Å²) in [6.45, 7) is 10.1. The van der Waals surface area contributed by atoms with Crippen LogP contribution in [0, 0.1) is 11.6 Å². The van der Waals surface area contributed by atoms with Gasteiger partial charge in [-0.2, -0.15) is 4.98 Å². The van der Waals surface area contributed by atoms with Crippen molar-refractivity contribution < 1.29 is 18.3 Å². The van der Waals surface area contributed by atoms with E-state index in [2.05, 4.69) is 53.6 Å². The summed E-state index contributed by atoms with van der Waals surface area (Å²) >= 11 is 0. The molecular weight excluding hydrogens is 480 g/mol. The zero-order chi connectivity index (χ0) is 26.8. The number of nitrogens with two attached hydrogens (primary N) is 1. The molecule has 3 heterocycles. The van der Waals surface area contributed by atoms with Crippen LogP contribution in [0.2, 0.25) is 0 Å². The van der Waals surface area contributed by atoms with Crippen LogP contribution in [0.5, 0.6) is 5.75 Å². The lowest BCUT2D eigenvalue weighted by Crippen LogP contribution is -2.60. The smallest absolute Gasteiger partial charge is 0.231 e. The summed E-state index contributed by atoms with van der Waals surface area (Å²) in [5, 5.41) is 9.79. The van der Waals surface area contributed by atoms with Gasteiger partial charge in [0.2, 0.25) is 11.9 Å². The van der Waals surface area contributed by atoms with E-state index in [1.165, 1.54) is 6.07 Å². The first-order valence-electron chi connectivity index (χ1n) is 12.7. The number of nitrogens with one attached hydrogen (secondary N) is 3. The number of carbonyl (C=O) groups excluding carboxylic acids is 1. The second kappa shape index (κ2) is 10.7. The standard InChI is InChI=1S/C26H37F2N7O2/c1-25(2)12-17(13-26(3,4)34-25)31-23-20(28)14-30-24(33-23)32-16-5-6-21(19(27)11-16)37-18-7-9-35(10-8-18)15-22(29)36/h5-6,11,14,17-18,34H,7-10,12-13,15H2,1-4H3,(H2,29,36)(H2,30,31,32,33). The number of benzene rings is 1. The molecule has 2 saturated heterocycles. The summed E-state index contributed by atoms with van der Waals surface area (Å²) in [4.78, 5) is 21.4. The molecule has 11 heteroatoms. The van der Waals surface area contributed by atoms with E-state index in [1.54, 1.807) is 12.1 Å². The molecule has 0 spiro atoms. The number of halogens is 2. The van der Waals surface area contributed by atoms with Crippen molar-refractivity contribution in [3.8, 4) is 5.75 Å². The summed E-state index contributed by atoms with van der Waals surface area (Å²) in [5.74, 6) is -1.01. The van der Waals surface area contributed by atoms with Crippen molar-refractivity contribution in [2.75, 3.05) is 30.3 Å². The fourth-order valence-corrected chi connectivity index (χ4v) is 5.53. The highest BCUT2D eigenvalue weighted by Gasteiger charge is 2.38. The van der Waals surface area contributed by atoms with Crippen LogP contribution >= 0.6 is 0 Å². The van der Waals surface area contributed by atoms with Crippen LogP contribution in [0.15, 0.2) is 24.4 Å². The van der Waals surface area contributed by atoms with Crippen molar-refractivity contribution >= 4 is 23.4 Å². The molecule has 0 atom stereocenters. The highest BCUT2D eigenvalue weighted by atomic mass is 19.1. The average Bonchev–Trinajstić information content (AvgIpc) is 2.77. The number of hydrogen-bond donors (Lipinski definition) is 4. The maximum Gasteiger partial charge on any atom is 0.231 e. The monoisotopic (exact) mass is 517 g/mol. The first-order chi connectivity index (χ1) is 17.4. The van der Waals surface area contributed by atoms with Crippen LogP contribution < -0.4 is 26.4 Å². The second-order valence-corrected chi connectivity index (χ2v) is 11.4. The number of anilines is 3. The van der Waals surface area contributed by atoms with E-state index in [0.717, 1.165) is 19.0 Å². The number of piperidine rings is 2. The lowest BCUT2D eigenvalue weighted by molar-refractivity contribution is -0.119. The third-order valence-corrected chi connectivity index (χ3v) is 6.67. The van der Waals surface area contributed by atoms with Crippen LogP contribution in [-0.2, 0) is 4.79 Å². The van der Waals surface area contributed by atoms with E-state index < -0.39 is 11.6 Å². The number of likely N-dealkylation sites (tertiary alicyclic amines) is 1. The van der Waals surface area contributed by atoms with Gasteiger partial charge in [0.15, 0.2) is 23.2 Å². The Hall–Kier alpha value is -3.05. The molecule has 37 heavy (non-hydrogen) atoms. The summed E-state index contributed by atoms with van der Waals surface area (Å²) in [6, 6.07) is 4.54. The van der Waals surface area contributed by atoms with Crippen molar-refractivity contribution in [3.63, 3.8) is 0 Å². The topological polar surface area (TPSA) is 117 Å². The van der Waals surface area contributed by atoms with E-state index >= 15 is 0 Å². The minimum absolute atomic E-state index is 0.0278. The van der Waals surface area contributed by atoms with Crippen molar-refractivity contribution in [3.05, 3.63) is 36.0 Å². The third-order valence-electron chi connectivity index (χ3n) is 6.67. The number of carbonyl (C=O) groups is 1. The summed E-state index contributed by atoms with van der Waals surface area (Å²) in [5.41, 5.74) is 5.46. The molecule has 1 amide bonds. The average molecular weight is 518 g/mol. The lowest BCUT2D eigenvalue weighted by Gasteiger charge is -2.46. The molecule has 0 saturated carbocycles. The Morgan fingerprint density at radius 3 is 2.46 bits per heavy atom. The predicted octanol–water partition coefficient (Wildman–Crippen LogP) is 3.55. The maximum atomic E-state index is 14.8. The minimum Gasteiger partial charge on any atom is -0.487 e. The van der Waals surface area contributed by atoms with Gasteiger partial charge in [-0.3, -0.25) is 9.69 Å². The Labute approximate surface area is 216 Å². The molecule has 2 aliphatic rings. The number of primary amides is 1. The summed E-state index contributed by atoms with van der Waals surface area (Å²) < 4.78 is 35.2. The molecule has 9 nitrogen and oxygen atoms in total. The van der Waals surface area contributed by atoms with Gasteiger partial charge in [-0.25, -0.2) is 13.8 Å². The maximum absolute atomic E-state index is 14.8. The van der Waals surface area contributed by atoms with E-state index in [4.69, 9.17) is 10.5 Å². The number of ether oxygens (including phenoxy) is 1. The first kappa shape index (κ1) is 27.0. The number of nitrogens with zero attached hydrogens (tertiary/aromatic N) is 3. The highest BCUT2D eigenvalue weighted by molar-refractivity contribution is 5.75. The number of hydrogen-bond acceptors (Lipinski definition) is 8. The number of amides is 1. The fourth-order valence-electron chi connectivity index (χ4n) is 5.53. The lowest BCUT2D eigenvalue weighted by atomic mass is 9.79. The molecule has 0 aliphatic carbocycles. The van der Waals surface area contributed by atoms with Gasteiger partial charge in [0, 0.05) is 42.0 Å². The zero-order valence-electron chi connectivity index (χ0n) is 21.9. The van der Waals surface area contributed by atoms with Gasteiger partial charge in [-0.05, 0) is 65.5 Å². The Kier molecular flexibility index (Phi) is 7.84. The van der Waals surface area contributed by atoms with Crippen molar-refractivity contribution in [1.29, 1.82) is 0 Å². The van der Waals surface area contributed by atoms with Gasteiger partial charge < -0.3 is 26.4 Å². The third kappa shape index (κ3) is 7.48. The largest absolute Gasteiger partial charge is 0.487 e. The van der Waals surface area contributed by atoms with Gasteiger partial charge in [-0.1, -0.05) is 0 Å². The predicted molar refractivity (Wildman–Crippen MR) is 139 cm³/mol. The van der Waals surface area contributed by atoms with Crippen molar-refractivity contribution in [1.82, 2.24) is 20.2 Å². The molecule has 1 aromatic carbocycles. The Balaban J connectivity index is 1.37. The molecular formula is C26H37F2N7O2. The molecule has 4 rings (SSSR count). The van der Waals surface area contributed by atoms with Crippen LogP contribution in [0.1, 0.15) is 53.4 Å². The zero-order valence-corrected chi connectivity index (χ0v) is 21.9. The van der Waals surface area contributed by atoms with Gasteiger partial charge in [-0.15, -0.1) is 0 Å². The minimum atomic E-state index is -0.545. The van der Waals surface area contributed by atoms with E-state index in [0.29, 0.717) is 31.6 Å². The van der Waals surface area contributed by atoms with E-state index in [-0.39, 0.29) is 53.2 Å². The quantitative estimate of drug-likeness (QED) is 0.420. The molecule has 2 aromatic rings. The van der Waals surface area contributed by atoms with Gasteiger partial charge >= 0.3 is 0 Å². The van der Waals surface area contributed by atoms with Crippen molar-refractivity contribution in [2.45, 2.75) is 76.6 Å². The highest BCUT2D eigenvalue weighted by Crippen LogP contribution is 2.31. The SMILES string of the molecule is CC1(C)CC(Nc2nc(Nc3ccc(OC4CCN(CC(N)=O)CC4)c(F)c3)ncc2F)CC(C)(C)N1. The summed E-state index contributed by atoms with van der Waals surface area (Å²) in [7, 11) is 0. The number of aromatic nitrogens is 2. The second-order valence-electron chi connectivity index (χ2n) is 11.4. The molecule has 2 fully saturated rings. The van der Waals surface area contributed by atoms with Crippen molar-refractivity contribution in [2.24, 2.45) is 5.73 Å². The molecule has 0 unspecified atom stereocenters. The molecule has 0 bridgehead atoms. The molecule has 0 radical (unpaired) electrons. The van der Waals surface area contributed by atoms with E-state index in [9.17, 15) is 13.6 Å². The molecule has 202 valence electrons. The Bertz CT molecular complexity index is 1100. The van der Waals surface area contributed by atoms with Crippen LogP contribution in [0.4, 0.5) is 26.2 Å². The molecule has 1 aromatic heterocycles. The Morgan fingerprint density at radius 1 is 1.16 bits per heavy atom. The van der Waals surface area contributed by atoms with Crippen LogP contribution in [-0.4, -0.2) is 63.6 Å². The van der Waals surface area contributed by atoms with Crippen LogP contribution in [0.25, 0.3) is 0 Å². The van der Waals surface area contributed by atoms with E-state index in [1.807, 2.05) is 4.90 Å². The fraction of sp³-hybridized carbons (Fsp3) is 0.577. The van der Waals surface area contributed by atoms with Gasteiger partial charge in [0.1, 0.15) is 6.10 Å². The van der Waals surface area contributed by atoms with Gasteiger partial charge in [0.25, 0.3) is 0 Å². The number of rotatable bonds is 8.